The summed E-state index contributed by atoms with van der Waals surface area (Å²) in [7, 11) is 0. The Morgan fingerprint density at radius 3 is 2.04 bits per heavy atom. The molecule has 1 heterocycles. The number of carboxylic acids is 1. The summed E-state index contributed by atoms with van der Waals surface area (Å²) in [6, 6.07) is 9.59. The number of carboxylic acid groups (broad SMARTS) is 1. The Morgan fingerprint density at radius 2 is 1.43 bits per heavy atom. The fourth-order valence-electron chi connectivity index (χ4n) is 7.38. The molecule has 0 aliphatic carbocycles. The van der Waals surface area contributed by atoms with E-state index in [0.717, 1.165) is 23.8 Å². The van der Waals surface area contributed by atoms with Gasteiger partial charge in [0, 0.05) is 68.6 Å². The monoisotopic (exact) mass is 954 g/mol. The van der Waals surface area contributed by atoms with Crippen LogP contribution in [-0.2, 0) is 40.1 Å². The van der Waals surface area contributed by atoms with Gasteiger partial charge < -0.3 is 57.7 Å². The molecule has 1 aromatic heterocycles. The average Bonchev–Trinajstić information content (AvgIpc) is 3.68. The van der Waals surface area contributed by atoms with Gasteiger partial charge in [0.25, 0.3) is 0 Å². The molecular formula is C48H69F2N9O9. The second-order valence-electron chi connectivity index (χ2n) is 18.2. The third kappa shape index (κ3) is 17.8. The van der Waals surface area contributed by atoms with E-state index in [1.165, 1.54) is 11.8 Å². The van der Waals surface area contributed by atoms with Crippen molar-refractivity contribution in [1.29, 1.82) is 0 Å². The molecule has 6 amide bonds. The normalized spacial score (nSPS) is 13.6. The Balaban J connectivity index is 1.50. The average molecular weight is 954 g/mol. The van der Waals surface area contributed by atoms with Gasteiger partial charge in [-0.05, 0) is 73.8 Å². The van der Waals surface area contributed by atoms with Crippen molar-refractivity contribution in [3.05, 3.63) is 83.7 Å². The summed E-state index contributed by atoms with van der Waals surface area (Å²) in [4.78, 5) is 89.2. The zero-order valence-electron chi connectivity index (χ0n) is 39.8. The van der Waals surface area contributed by atoms with E-state index < -0.39 is 89.4 Å². The van der Waals surface area contributed by atoms with Gasteiger partial charge in [0.15, 0.2) is 0 Å². The molecule has 3 aromatic rings. The van der Waals surface area contributed by atoms with Crippen molar-refractivity contribution in [2.45, 2.75) is 117 Å². The molecule has 0 spiro atoms. The van der Waals surface area contributed by atoms with Crippen LogP contribution in [0.5, 0.6) is 0 Å². The van der Waals surface area contributed by atoms with Gasteiger partial charge in [0.05, 0.1) is 18.1 Å². The molecule has 0 fully saturated rings. The zero-order chi connectivity index (χ0) is 50.7. The zero-order valence-corrected chi connectivity index (χ0v) is 39.8. The number of aromatic nitrogens is 1. The maximum absolute atomic E-state index is 15.1. The number of aliphatic carboxylic acids is 1. The van der Waals surface area contributed by atoms with E-state index in [2.05, 4.69) is 26.6 Å². The second-order valence-corrected chi connectivity index (χ2v) is 18.2. The largest absolute Gasteiger partial charge is 0.480 e. The number of hydrogen-bond acceptors (Lipinski definition) is 10. The van der Waals surface area contributed by atoms with E-state index in [9.17, 15) is 48.2 Å². The molecule has 5 atom stereocenters. The predicted molar refractivity (Wildman–Crippen MR) is 251 cm³/mol. The summed E-state index contributed by atoms with van der Waals surface area (Å²) in [5.74, 6) is -5.84. The fraction of sp³-hybridized carbons (Fsp3) is 0.521. The highest BCUT2D eigenvalue weighted by atomic mass is 19.1. The smallest absolute Gasteiger partial charge is 0.326 e. The van der Waals surface area contributed by atoms with Crippen LogP contribution < -0.4 is 38.1 Å². The van der Waals surface area contributed by atoms with E-state index in [0.29, 0.717) is 30.6 Å². The lowest BCUT2D eigenvalue weighted by Crippen LogP contribution is -2.52. The predicted octanol–water partition coefficient (Wildman–Crippen LogP) is 2.46. The topological polar surface area (TPSA) is 280 Å². The van der Waals surface area contributed by atoms with Gasteiger partial charge >= 0.3 is 5.97 Å². The van der Waals surface area contributed by atoms with Crippen LogP contribution in [0, 0.1) is 23.0 Å². The molecule has 0 bridgehead atoms. The molecule has 0 aliphatic rings. The maximum Gasteiger partial charge on any atom is 0.326 e. The van der Waals surface area contributed by atoms with Crippen molar-refractivity contribution >= 4 is 41.4 Å². The number of nitrogens with two attached hydrogens (primary N) is 2. The van der Waals surface area contributed by atoms with Crippen LogP contribution in [0.15, 0.2) is 60.8 Å². The summed E-state index contributed by atoms with van der Waals surface area (Å²) in [5.41, 5.74) is 13.3. The molecule has 20 heteroatoms. The Labute approximate surface area is 396 Å². The highest BCUT2D eigenvalue weighted by Crippen LogP contribution is 2.41. The molecule has 68 heavy (non-hydrogen) atoms. The van der Waals surface area contributed by atoms with E-state index in [1.54, 1.807) is 26.1 Å². The van der Waals surface area contributed by atoms with Gasteiger partial charge in [-0.15, -0.1) is 0 Å². The molecule has 11 N–H and O–H groups in total. The quantitative estimate of drug-likeness (QED) is 0.0501. The van der Waals surface area contributed by atoms with Gasteiger partial charge in [0.1, 0.15) is 30.3 Å². The highest BCUT2D eigenvalue weighted by Gasteiger charge is 2.37. The number of unbranched alkanes of at least 4 members (excludes halogenated alkanes) is 1. The van der Waals surface area contributed by atoms with Crippen LogP contribution in [0.4, 0.5) is 8.78 Å². The number of rotatable bonds is 27. The number of nitrogens with zero attached hydrogens (tertiary/aromatic N) is 2. The van der Waals surface area contributed by atoms with Crippen molar-refractivity contribution in [2.75, 3.05) is 32.8 Å². The minimum atomic E-state index is -1.25. The Bertz CT molecular complexity index is 2180. The van der Waals surface area contributed by atoms with Gasteiger partial charge in [-0.1, -0.05) is 65.0 Å². The van der Waals surface area contributed by atoms with E-state index in [-0.39, 0.29) is 69.3 Å². The Hall–Kier alpha value is -6.25. The number of nitrogens with one attached hydrogen (secondary N) is 5. The van der Waals surface area contributed by atoms with E-state index >= 15 is 4.39 Å². The van der Waals surface area contributed by atoms with E-state index in [1.807, 2.05) is 55.7 Å². The summed E-state index contributed by atoms with van der Waals surface area (Å²) < 4.78 is 31.3. The summed E-state index contributed by atoms with van der Waals surface area (Å²) in [6.45, 7) is 10.2. The first-order chi connectivity index (χ1) is 32.0. The molecule has 0 aliphatic heterocycles. The highest BCUT2D eigenvalue weighted by molar-refractivity contribution is 5.90. The van der Waals surface area contributed by atoms with Gasteiger partial charge in [-0.25, -0.2) is 13.6 Å². The first-order valence-electron chi connectivity index (χ1n) is 22.8. The molecular weight excluding hydrogens is 885 g/mol. The first-order valence-corrected chi connectivity index (χ1v) is 22.8. The van der Waals surface area contributed by atoms with Crippen molar-refractivity contribution in [1.82, 2.24) is 36.1 Å². The number of carbonyl (C=O) groups is 7. The number of aliphatic hydroxyl groups excluding tert-OH is 1. The van der Waals surface area contributed by atoms with Crippen molar-refractivity contribution in [2.24, 2.45) is 22.8 Å². The third-order valence-electron chi connectivity index (χ3n) is 11.2. The van der Waals surface area contributed by atoms with Crippen molar-refractivity contribution in [3.8, 4) is 11.1 Å². The summed E-state index contributed by atoms with van der Waals surface area (Å²) in [5, 5.41) is 32.5. The second kappa shape index (κ2) is 26.9. The minimum Gasteiger partial charge on any atom is -0.480 e. The number of halogens is 2. The first kappa shape index (κ1) is 56.1. The Morgan fingerprint density at radius 1 is 0.779 bits per heavy atom. The van der Waals surface area contributed by atoms with Crippen LogP contribution in [0.1, 0.15) is 97.4 Å². The van der Waals surface area contributed by atoms with Gasteiger partial charge in [0.2, 0.25) is 35.4 Å². The molecule has 0 saturated heterocycles. The van der Waals surface area contributed by atoms with Crippen LogP contribution in [0.25, 0.3) is 11.1 Å². The molecule has 3 rings (SSSR count). The summed E-state index contributed by atoms with van der Waals surface area (Å²) >= 11 is 0. The summed E-state index contributed by atoms with van der Waals surface area (Å²) in [6.07, 6.45) is 2.19. The number of carbonyl (C=O) groups excluding carboxylic acids is 6. The fourth-order valence-corrected chi connectivity index (χ4v) is 7.38. The SMILES string of the molecule is CC(NC(=O)C(N)C(C)C)C(=O)NCCC(=O)NC(CCCCNC(=O)CCNC(=O)C(N)CCN(C(=O)CO)C(c1cc(-c2cc(F)ccc2F)cn1Cc1ccccc1)C(C)(C)C)C(=O)O. The van der Waals surface area contributed by atoms with E-state index in [4.69, 9.17) is 11.5 Å². The van der Waals surface area contributed by atoms with Crippen LogP contribution in [0.2, 0.25) is 0 Å². The molecule has 2 aromatic carbocycles. The number of hydrogen-bond donors (Lipinski definition) is 9. The van der Waals surface area contributed by atoms with Crippen LogP contribution >= 0.6 is 0 Å². The molecule has 18 nitrogen and oxygen atoms in total. The lowest BCUT2D eigenvalue weighted by Gasteiger charge is -2.41. The molecule has 5 unspecified atom stereocenters. The third-order valence-corrected chi connectivity index (χ3v) is 11.2. The van der Waals surface area contributed by atoms with Gasteiger partial charge in [-0.2, -0.15) is 0 Å². The van der Waals surface area contributed by atoms with Crippen molar-refractivity contribution < 1.29 is 52.6 Å². The van der Waals surface area contributed by atoms with Crippen LogP contribution in [0.3, 0.4) is 0 Å². The van der Waals surface area contributed by atoms with Crippen LogP contribution in [-0.4, -0.2) is 118 Å². The number of benzene rings is 2. The van der Waals surface area contributed by atoms with Crippen molar-refractivity contribution in [3.63, 3.8) is 0 Å². The molecule has 374 valence electrons. The van der Waals surface area contributed by atoms with Gasteiger partial charge in [-0.3, -0.25) is 28.8 Å². The number of aliphatic hydroxyl groups is 1. The minimum absolute atomic E-state index is 0.0235. The molecule has 0 saturated carbocycles. The Kier molecular flexibility index (Phi) is 22.2. The lowest BCUT2D eigenvalue weighted by molar-refractivity contribution is -0.142. The maximum atomic E-state index is 15.1. The standard InChI is InChI=1S/C48H69F2N9O9/c1-29(2)42(52)46(66)56-30(3)44(64)54-22-18-40(62)57-37(47(67)68)14-10-11-20-53-39(61)17-21-55-45(65)36(51)19-23-59(41(63)28-60)43(48(4,5)6)38-24-32(34-25-33(49)15-16-35(34)50)27-58(38)26-31-12-8-7-9-13-31/h7-9,12-13,15-16,24-25,27,29-30,36-37,42-43,60H,10-11,14,17-23,26,28,51-52H2,1-6H3,(H,53,61)(H,54,64)(H,55,65)(H,56,66)(H,57,62)(H,67,68). The molecule has 0 radical (unpaired) electrons. The number of amides is 6. The lowest BCUT2D eigenvalue weighted by atomic mass is 9.82.